The number of hydrazone groups is 1. The zero-order chi connectivity index (χ0) is 19.1. The maximum atomic E-state index is 11.1. The van der Waals surface area contributed by atoms with Crippen molar-refractivity contribution in [2.45, 2.75) is 12.8 Å². The van der Waals surface area contributed by atoms with Gasteiger partial charge in [-0.3, -0.25) is 5.43 Å². The number of carboxylic acid groups (broad SMARTS) is 1. The predicted molar refractivity (Wildman–Crippen MR) is 102 cm³/mol. The SMILES string of the molecule is N#C/C(=N/Nc1ccc(Oc2ccccc2)cc1)C1CCCN(C(=O)O)C1. The van der Waals surface area contributed by atoms with Crippen LogP contribution in [0.15, 0.2) is 59.7 Å². The number of carbonyl (C=O) groups is 1. The smallest absolute Gasteiger partial charge is 0.407 e. The van der Waals surface area contributed by atoms with Crippen LogP contribution in [0.5, 0.6) is 11.5 Å². The molecule has 27 heavy (non-hydrogen) atoms. The summed E-state index contributed by atoms with van der Waals surface area (Å²) in [4.78, 5) is 12.5. The minimum absolute atomic E-state index is 0.187. The lowest BCUT2D eigenvalue weighted by molar-refractivity contribution is 0.129. The molecule has 1 fully saturated rings. The minimum Gasteiger partial charge on any atom is -0.465 e. The van der Waals surface area contributed by atoms with Gasteiger partial charge >= 0.3 is 6.09 Å². The monoisotopic (exact) mass is 364 g/mol. The number of nitrogens with zero attached hydrogens (tertiary/aromatic N) is 3. The summed E-state index contributed by atoms with van der Waals surface area (Å²) in [5.41, 5.74) is 3.90. The van der Waals surface area contributed by atoms with Crippen molar-refractivity contribution >= 4 is 17.5 Å². The molecule has 1 atom stereocenters. The number of ether oxygens (including phenoxy) is 1. The molecule has 0 radical (unpaired) electrons. The third kappa shape index (κ3) is 4.98. The number of rotatable bonds is 5. The molecule has 0 bridgehead atoms. The number of benzene rings is 2. The number of likely N-dealkylation sites (tertiary alicyclic amines) is 1. The maximum absolute atomic E-state index is 11.1. The van der Waals surface area contributed by atoms with Gasteiger partial charge in [0, 0.05) is 19.0 Å². The van der Waals surface area contributed by atoms with Crippen molar-refractivity contribution in [2.24, 2.45) is 11.0 Å². The number of nitriles is 1. The molecule has 138 valence electrons. The van der Waals surface area contributed by atoms with E-state index in [1.165, 1.54) is 4.90 Å². The van der Waals surface area contributed by atoms with Gasteiger partial charge < -0.3 is 14.7 Å². The quantitative estimate of drug-likeness (QED) is 0.613. The fourth-order valence-electron chi connectivity index (χ4n) is 2.93. The summed E-state index contributed by atoms with van der Waals surface area (Å²) in [7, 11) is 0. The van der Waals surface area contributed by atoms with Gasteiger partial charge in [-0.2, -0.15) is 10.4 Å². The topological polar surface area (TPSA) is 98.0 Å². The predicted octanol–water partition coefficient (Wildman–Crippen LogP) is 4.16. The summed E-state index contributed by atoms with van der Waals surface area (Å²) in [6.07, 6.45) is 0.518. The molecule has 2 aromatic carbocycles. The summed E-state index contributed by atoms with van der Waals surface area (Å²) < 4.78 is 5.73. The molecule has 7 nitrogen and oxygen atoms in total. The van der Waals surface area contributed by atoms with E-state index in [1.54, 1.807) is 12.1 Å². The lowest BCUT2D eigenvalue weighted by atomic mass is 9.94. The average molecular weight is 364 g/mol. The van der Waals surface area contributed by atoms with Gasteiger partial charge in [-0.25, -0.2) is 4.79 Å². The Morgan fingerprint density at radius 2 is 1.89 bits per heavy atom. The van der Waals surface area contributed by atoms with Gasteiger partial charge in [0.2, 0.25) is 0 Å². The van der Waals surface area contributed by atoms with Crippen LogP contribution in [0.2, 0.25) is 0 Å². The van der Waals surface area contributed by atoms with Crippen LogP contribution in [0, 0.1) is 17.2 Å². The molecule has 2 N–H and O–H groups in total. The Labute approximate surface area is 157 Å². The molecule has 0 aromatic heterocycles. The number of piperidine rings is 1. The van der Waals surface area contributed by atoms with Crippen molar-refractivity contribution in [2.75, 3.05) is 18.5 Å². The molecule has 1 aliphatic heterocycles. The summed E-state index contributed by atoms with van der Waals surface area (Å²) in [6, 6.07) is 18.8. The molecule has 0 spiro atoms. The first kappa shape index (κ1) is 18.3. The van der Waals surface area contributed by atoms with E-state index in [9.17, 15) is 10.1 Å². The Bertz CT molecular complexity index is 844. The van der Waals surface area contributed by atoms with E-state index in [1.807, 2.05) is 42.5 Å². The van der Waals surface area contributed by atoms with E-state index < -0.39 is 6.09 Å². The highest BCUT2D eigenvalue weighted by Crippen LogP contribution is 2.23. The second-order valence-corrected chi connectivity index (χ2v) is 6.23. The second-order valence-electron chi connectivity index (χ2n) is 6.23. The largest absolute Gasteiger partial charge is 0.465 e. The zero-order valence-electron chi connectivity index (χ0n) is 14.7. The van der Waals surface area contributed by atoms with Gasteiger partial charge in [0.15, 0.2) is 0 Å². The minimum atomic E-state index is -0.959. The van der Waals surface area contributed by atoms with E-state index in [0.717, 1.165) is 18.6 Å². The van der Waals surface area contributed by atoms with Crippen LogP contribution in [-0.2, 0) is 0 Å². The van der Waals surface area contributed by atoms with Gasteiger partial charge in [-0.1, -0.05) is 18.2 Å². The van der Waals surface area contributed by atoms with Crippen molar-refractivity contribution in [3.8, 4) is 17.6 Å². The highest BCUT2D eigenvalue weighted by molar-refractivity contribution is 6.01. The van der Waals surface area contributed by atoms with E-state index >= 15 is 0 Å². The Morgan fingerprint density at radius 3 is 2.56 bits per heavy atom. The first-order valence-electron chi connectivity index (χ1n) is 8.70. The van der Waals surface area contributed by atoms with Crippen LogP contribution in [0.3, 0.4) is 0 Å². The molecule has 1 unspecified atom stereocenters. The van der Waals surface area contributed by atoms with Gasteiger partial charge in [0.05, 0.1) is 5.69 Å². The van der Waals surface area contributed by atoms with Crippen molar-refractivity contribution in [1.82, 2.24) is 4.90 Å². The molecule has 2 aromatic rings. The van der Waals surface area contributed by atoms with E-state index in [-0.39, 0.29) is 5.92 Å². The molecule has 0 saturated carbocycles. The molecule has 3 rings (SSSR count). The normalized spacial score (nSPS) is 17.1. The van der Waals surface area contributed by atoms with Crippen LogP contribution in [0.1, 0.15) is 12.8 Å². The van der Waals surface area contributed by atoms with Crippen LogP contribution in [0.25, 0.3) is 0 Å². The Morgan fingerprint density at radius 1 is 1.19 bits per heavy atom. The van der Waals surface area contributed by atoms with Crippen molar-refractivity contribution < 1.29 is 14.6 Å². The Balaban J connectivity index is 1.62. The summed E-state index contributed by atoms with van der Waals surface area (Å²) in [6.45, 7) is 0.800. The van der Waals surface area contributed by atoms with E-state index in [0.29, 0.717) is 30.2 Å². The van der Waals surface area contributed by atoms with E-state index in [2.05, 4.69) is 16.6 Å². The fourth-order valence-corrected chi connectivity index (χ4v) is 2.93. The number of anilines is 1. The summed E-state index contributed by atoms with van der Waals surface area (Å²) >= 11 is 0. The number of amides is 1. The number of hydrogen-bond acceptors (Lipinski definition) is 5. The first-order valence-corrected chi connectivity index (χ1v) is 8.70. The number of nitrogens with one attached hydrogen (secondary N) is 1. The zero-order valence-corrected chi connectivity index (χ0v) is 14.7. The molecule has 0 aliphatic carbocycles. The van der Waals surface area contributed by atoms with E-state index in [4.69, 9.17) is 9.84 Å². The van der Waals surface area contributed by atoms with Crippen molar-refractivity contribution in [1.29, 1.82) is 5.26 Å². The Hall–Kier alpha value is -3.53. The van der Waals surface area contributed by atoms with Crippen LogP contribution in [0.4, 0.5) is 10.5 Å². The average Bonchev–Trinajstić information content (AvgIpc) is 2.71. The van der Waals surface area contributed by atoms with Crippen LogP contribution in [-0.4, -0.2) is 34.9 Å². The molecular weight excluding hydrogens is 344 g/mol. The molecule has 1 amide bonds. The molecule has 1 saturated heterocycles. The molecule has 7 heteroatoms. The highest BCUT2D eigenvalue weighted by atomic mass is 16.5. The molecule has 1 aliphatic rings. The third-order valence-electron chi connectivity index (χ3n) is 4.33. The third-order valence-corrected chi connectivity index (χ3v) is 4.33. The highest BCUT2D eigenvalue weighted by Gasteiger charge is 2.27. The van der Waals surface area contributed by atoms with Gasteiger partial charge in [0.1, 0.15) is 23.3 Å². The second kappa shape index (κ2) is 8.72. The first-order chi connectivity index (χ1) is 13.2. The van der Waals surface area contributed by atoms with Gasteiger partial charge in [0.25, 0.3) is 0 Å². The fraction of sp³-hybridized carbons (Fsp3) is 0.250. The molecule has 1 heterocycles. The summed E-state index contributed by atoms with van der Waals surface area (Å²) in [5, 5.41) is 22.7. The number of para-hydroxylation sites is 1. The lowest BCUT2D eigenvalue weighted by Gasteiger charge is -2.29. The summed E-state index contributed by atoms with van der Waals surface area (Å²) in [5.74, 6) is 1.26. The van der Waals surface area contributed by atoms with Crippen LogP contribution < -0.4 is 10.2 Å². The Kier molecular flexibility index (Phi) is 5.90. The van der Waals surface area contributed by atoms with Crippen LogP contribution >= 0.6 is 0 Å². The standard InChI is InChI=1S/C20H20N4O3/c21-13-19(15-5-4-12-24(14-15)20(25)26)23-22-16-8-10-18(11-9-16)27-17-6-2-1-3-7-17/h1-3,6-11,15,22H,4-5,12,14H2,(H,25,26)/b23-19-. The van der Waals surface area contributed by atoms with Crippen molar-refractivity contribution in [3.63, 3.8) is 0 Å². The molecular formula is C20H20N4O3. The van der Waals surface area contributed by atoms with Crippen molar-refractivity contribution in [3.05, 3.63) is 54.6 Å². The van der Waals surface area contributed by atoms with Gasteiger partial charge in [-0.05, 0) is 49.2 Å². The number of hydrogen-bond donors (Lipinski definition) is 2. The van der Waals surface area contributed by atoms with Gasteiger partial charge in [-0.15, -0.1) is 0 Å². The lowest BCUT2D eigenvalue weighted by Crippen LogP contribution is -2.41. The maximum Gasteiger partial charge on any atom is 0.407 e.